The summed E-state index contributed by atoms with van der Waals surface area (Å²) in [6, 6.07) is -0.904. The number of carbonyl (C=O) groups excluding carboxylic acids is 5. The number of allylic oxidation sites excluding steroid dienone is 1. The van der Waals surface area contributed by atoms with Crippen LogP contribution in [0.15, 0.2) is 11.6 Å². The summed E-state index contributed by atoms with van der Waals surface area (Å²) < 4.78 is 5.26. The molecule has 3 saturated carbocycles. The molecule has 4 aliphatic rings. The van der Waals surface area contributed by atoms with Crippen molar-refractivity contribution in [2.24, 2.45) is 34.5 Å². The second kappa shape index (κ2) is 15.6. The molecule has 0 spiro atoms. The molecule has 4 unspecified atom stereocenters. The van der Waals surface area contributed by atoms with E-state index in [0.29, 0.717) is 63.3 Å². The summed E-state index contributed by atoms with van der Waals surface area (Å²) in [5.41, 5.74) is -0.879. The number of aliphatic hydroxyl groups is 1. The number of rotatable bonds is 16. The van der Waals surface area contributed by atoms with E-state index in [-0.39, 0.29) is 54.1 Å². The van der Waals surface area contributed by atoms with Gasteiger partial charge in [-0.15, -0.1) is 0 Å². The molecule has 4 rings (SSSR count). The van der Waals surface area contributed by atoms with Gasteiger partial charge in [-0.2, -0.15) is 0 Å². The van der Waals surface area contributed by atoms with Gasteiger partial charge in [-0.3, -0.25) is 24.0 Å². The number of ether oxygens (including phenoxy) is 1. The Labute approximate surface area is 284 Å². The van der Waals surface area contributed by atoms with Crippen molar-refractivity contribution < 1.29 is 43.7 Å². The fraction of sp³-hybridized carbons (Fsp3) is 0.784. The quantitative estimate of drug-likeness (QED) is 0.136. The highest BCUT2D eigenvalue weighted by Crippen LogP contribution is 2.67. The van der Waals surface area contributed by atoms with Crippen molar-refractivity contribution in [2.75, 3.05) is 13.2 Å². The van der Waals surface area contributed by atoms with Crippen LogP contribution in [0.25, 0.3) is 0 Å². The number of carboxylic acids is 1. The third kappa shape index (κ3) is 7.87. The second-order valence-corrected chi connectivity index (χ2v) is 15.3. The first kappa shape index (κ1) is 37.7. The van der Waals surface area contributed by atoms with Crippen molar-refractivity contribution in [2.45, 2.75) is 136 Å². The van der Waals surface area contributed by atoms with Crippen LogP contribution in [0.2, 0.25) is 0 Å². The maximum absolute atomic E-state index is 13.4. The van der Waals surface area contributed by atoms with Gasteiger partial charge in [0.25, 0.3) is 0 Å². The molecule has 0 aromatic rings. The molecule has 3 fully saturated rings. The molecule has 268 valence electrons. The van der Waals surface area contributed by atoms with Crippen LogP contribution < -0.4 is 10.6 Å². The summed E-state index contributed by atoms with van der Waals surface area (Å²) in [6.07, 6.45) is 10.3. The molecule has 11 nitrogen and oxygen atoms in total. The first-order chi connectivity index (χ1) is 22.7. The number of hydrogen-bond donors (Lipinski definition) is 4. The fourth-order valence-corrected chi connectivity index (χ4v) is 9.42. The van der Waals surface area contributed by atoms with Gasteiger partial charge in [0.15, 0.2) is 12.4 Å². The summed E-state index contributed by atoms with van der Waals surface area (Å²) in [4.78, 5) is 73.7. The van der Waals surface area contributed by atoms with Crippen LogP contribution in [0.1, 0.15) is 124 Å². The lowest BCUT2D eigenvalue weighted by atomic mass is 9.46. The van der Waals surface area contributed by atoms with Gasteiger partial charge in [-0.05, 0) is 93.0 Å². The zero-order chi connectivity index (χ0) is 35.3. The molecule has 0 aliphatic heterocycles. The van der Waals surface area contributed by atoms with Crippen molar-refractivity contribution in [3.05, 3.63) is 11.6 Å². The van der Waals surface area contributed by atoms with E-state index in [2.05, 4.69) is 17.6 Å². The Kier molecular flexibility index (Phi) is 12.3. The molecule has 0 radical (unpaired) electrons. The van der Waals surface area contributed by atoms with E-state index >= 15 is 0 Å². The van der Waals surface area contributed by atoms with Gasteiger partial charge < -0.3 is 25.6 Å². The Hall–Kier alpha value is -3.08. The van der Waals surface area contributed by atoms with Crippen molar-refractivity contribution in [3.63, 3.8) is 0 Å². The molecular formula is C37H56N2O9. The maximum Gasteiger partial charge on any atom is 0.326 e. The lowest BCUT2D eigenvalue weighted by Crippen LogP contribution is -2.58. The van der Waals surface area contributed by atoms with Crippen molar-refractivity contribution in [3.8, 4) is 0 Å². The van der Waals surface area contributed by atoms with Gasteiger partial charge in [0.05, 0.1) is 6.42 Å². The summed E-state index contributed by atoms with van der Waals surface area (Å²) in [5, 5.41) is 26.5. The third-order valence-corrected chi connectivity index (χ3v) is 12.7. The van der Waals surface area contributed by atoms with Crippen LogP contribution in [0.5, 0.6) is 0 Å². The van der Waals surface area contributed by atoms with Crippen LogP contribution in [0.3, 0.4) is 0 Å². The summed E-state index contributed by atoms with van der Waals surface area (Å²) in [5.74, 6) is -1.75. The van der Waals surface area contributed by atoms with E-state index in [1.165, 1.54) is 5.57 Å². The zero-order valence-electron chi connectivity index (χ0n) is 29.2. The number of carboxylic acid groups (broad SMARTS) is 1. The molecule has 0 bridgehead atoms. The van der Waals surface area contributed by atoms with E-state index in [0.717, 1.165) is 32.1 Å². The molecular weight excluding hydrogens is 616 g/mol. The molecule has 8 atom stereocenters. The Morgan fingerprint density at radius 1 is 0.938 bits per heavy atom. The third-order valence-electron chi connectivity index (χ3n) is 12.7. The van der Waals surface area contributed by atoms with Crippen LogP contribution in [-0.2, 0) is 33.5 Å². The van der Waals surface area contributed by atoms with Crippen molar-refractivity contribution >= 4 is 35.3 Å². The number of ketones is 2. The minimum Gasteiger partial charge on any atom is -0.480 e. The monoisotopic (exact) mass is 672 g/mol. The van der Waals surface area contributed by atoms with Gasteiger partial charge in [0.2, 0.25) is 17.6 Å². The van der Waals surface area contributed by atoms with Gasteiger partial charge in [0.1, 0.15) is 11.6 Å². The fourth-order valence-electron chi connectivity index (χ4n) is 9.42. The molecule has 4 aliphatic carbocycles. The number of hydrogen-bond acceptors (Lipinski definition) is 8. The maximum atomic E-state index is 13.4. The Balaban J connectivity index is 1.14. The lowest BCUT2D eigenvalue weighted by molar-refractivity contribution is -0.170. The number of carbonyl (C=O) groups is 6. The lowest BCUT2D eigenvalue weighted by Gasteiger charge is -2.58. The number of unbranched alkanes of at least 4 members (excludes halogenated alkanes) is 2. The highest BCUT2D eigenvalue weighted by Gasteiger charge is 2.66. The van der Waals surface area contributed by atoms with Crippen LogP contribution in [0.4, 0.5) is 0 Å². The van der Waals surface area contributed by atoms with E-state index in [4.69, 9.17) is 4.74 Å². The molecule has 11 heteroatoms. The molecule has 0 aromatic heterocycles. The number of amides is 2. The molecule has 0 saturated heterocycles. The average Bonchev–Trinajstić information content (AvgIpc) is 3.33. The molecule has 4 N–H and O–H groups in total. The van der Waals surface area contributed by atoms with Crippen molar-refractivity contribution in [1.29, 1.82) is 0 Å². The second-order valence-electron chi connectivity index (χ2n) is 15.3. The van der Waals surface area contributed by atoms with E-state index in [9.17, 15) is 39.0 Å². The van der Waals surface area contributed by atoms with Gasteiger partial charge in [0, 0.05) is 31.2 Å². The Bertz CT molecular complexity index is 1300. The SMILES string of the molecule is CCC(C)C(NC(=O)CCCCCNC(=O)CCC(=O)OCC(=O)[C@@]1(O)CCC2[C@@H]3CCC4=CC(=O)CC[C@]4(C)C3CC[C@@]21C)C(=O)O. The van der Waals surface area contributed by atoms with Crippen molar-refractivity contribution in [1.82, 2.24) is 10.6 Å². The molecule has 0 heterocycles. The molecule has 2 amide bonds. The van der Waals surface area contributed by atoms with Gasteiger partial charge in [-0.25, -0.2) is 4.79 Å². The smallest absolute Gasteiger partial charge is 0.326 e. The summed E-state index contributed by atoms with van der Waals surface area (Å²) >= 11 is 0. The standard InChI is InChI=1S/C37H56N2O9/c1-5-23(2)33(34(45)46)39-31(43)9-7-6-8-20-38-30(42)12-13-32(44)48-22-29(41)37(47)19-16-28-26-11-10-24-21-25(40)14-17-35(24,3)27(26)15-18-36(28,37)4/h21,23,26-28,33,47H,5-20,22H2,1-4H3,(H,38,42)(H,39,43)(H,45,46)/t23?,26-,27?,28?,33?,35+,36+,37+/m1/s1. The average molecular weight is 673 g/mol. The van der Waals surface area contributed by atoms with Crippen LogP contribution in [-0.4, -0.2) is 70.3 Å². The number of nitrogens with one attached hydrogen (secondary N) is 2. The predicted octanol–water partition coefficient (Wildman–Crippen LogP) is 4.43. The number of Topliss-reactive ketones (excluding diaryl/α,β-unsaturated/α-hetero) is 1. The predicted molar refractivity (Wildman–Crippen MR) is 177 cm³/mol. The minimum atomic E-state index is -1.56. The van der Waals surface area contributed by atoms with E-state index in [1.54, 1.807) is 6.92 Å². The minimum absolute atomic E-state index is 0.00454. The molecule has 0 aromatic carbocycles. The number of esters is 1. The normalized spacial score (nSPS) is 32.1. The highest BCUT2D eigenvalue weighted by atomic mass is 16.5. The van der Waals surface area contributed by atoms with Gasteiger partial charge >= 0.3 is 11.9 Å². The van der Waals surface area contributed by atoms with E-state index in [1.807, 2.05) is 19.9 Å². The topological polar surface area (TPSA) is 176 Å². The number of fused-ring (bicyclic) bond motifs is 5. The van der Waals surface area contributed by atoms with Crippen LogP contribution >= 0.6 is 0 Å². The largest absolute Gasteiger partial charge is 0.480 e. The van der Waals surface area contributed by atoms with Gasteiger partial charge in [-0.1, -0.05) is 46.1 Å². The first-order valence-electron chi connectivity index (χ1n) is 18.1. The summed E-state index contributed by atoms with van der Waals surface area (Å²) in [6.45, 7) is 7.85. The Morgan fingerprint density at radius 2 is 1.67 bits per heavy atom. The van der Waals surface area contributed by atoms with Crippen LogP contribution in [0, 0.1) is 34.5 Å². The first-order valence-corrected chi connectivity index (χ1v) is 18.1. The zero-order valence-corrected chi connectivity index (χ0v) is 29.2. The number of aliphatic carboxylic acids is 1. The Morgan fingerprint density at radius 3 is 2.38 bits per heavy atom. The van der Waals surface area contributed by atoms with E-state index < -0.39 is 41.4 Å². The summed E-state index contributed by atoms with van der Waals surface area (Å²) in [7, 11) is 0. The molecule has 48 heavy (non-hydrogen) atoms. The highest BCUT2D eigenvalue weighted by molar-refractivity contribution is 5.92.